The zero-order valence-electron chi connectivity index (χ0n) is 18.9. The Morgan fingerprint density at radius 3 is 2.00 bits per heavy atom. The van der Waals surface area contributed by atoms with Crippen LogP contribution in [0.5, 0.6) is 5.75 Å². The Morgan fingerprint density at radius 2 is 1.27 bits per heavy atom. The second-order valence-corrected chi connectivity index (χ2v) is 8.49. The number of benzene rings is 4. The van der Waals surface area contributed by atoms with Gasteiger partial charge in [0.2, 0.25) is 0 Å². The fraction of sp³-hybridized carbons (Fsp3) is 0.200. The standard InChI is InChI=1S/C30H30N2O/c1-3-9-24(10-4-1)23-33-29-14-8-7-13-28(29)30(32-21-19-31-20-22-32)27-17-15-26(16-18-27)25-11-5-2-6-12-25/h1-18,30-31H,19-23H2. The summed E-state index contributed by atoms with van der Waals surface area (Å²) in [5.41, 5.74) is 6.19. The minimum Gasteiger partial charge on any atom is -0.489 e. The second kappa shape index (κ2) is 10.5. The van der Waals surface area contributed by atoms with Crippen LogP contribution in [0.25, 0.3) is 11.1 Å². The highest BCUT2D eigenvalue weighted by Crippen LogP contribution is 2.36. The van der Waals surface area contributed by atoms with E-state index in [1.165, 1.54) is 27.8 Å². The molecule has 1 saturated heterocycles. The van der Waals surface area contributed by atoms with Crippen molar-refractivity contribution in [2.24, 2.45) is 0 Å². The molecule has 166 valence electrons. The van der Waals surface area contributed by atoms with Crippen LogP contribution in [0.4, 0.5) is 0 Å². The summed E-state index contributed by atoms with van der Waals surface area (Å²) in [5.74, 6) is 0.956. The van der Waals surface area contributed by atoms with Crippen LogP contribution in [0.2, 0.25) is 0 Å². The number of nitrogens with zero attached hydrogens (tertiary/aromatic N) is 1. The lowest BCUT2D eigenvalue weighted by Gasteiger charge is -2.36. The first-order chi connectivity index (χ1) is 16.4. The molecule has 3 nitrogen and oxygen atoms in total. The number of rotatable bonds is 7. The van der Waals surface area contributed by atoms with E-state index >= 15 is 0 Å². The maximum atomic E-state index is 6.37. The minimum atomic E-state index is 0.156. The molecule has 0 amide bonds. The summed E-state index contributed by atoms with van der Waals surface area (Å²) >= 11 is 0. The largest absolute Gasteiger partial charge is 0.489 e. The molecule has 1 N–H and O–H groups in total. The van der Waals surface area contributed by atoms with Crippen LogP contribution in [0.1, 0.15) is 22.7 Å². The maximum absolute atomic E-state index is 6.37. The van der Waals surface area contributed by atoms with Gasteiger partial charge in [0, 0.05) is 31.7 Å². The highest BCUT2D eigenvalue weighted by Gasteiger charge is 2.26. The molecular weight excluding hydrogens is 404 g/mol. The van der Waals surface area contributed by atoms with E-state index < -0.39 is 0 Å². The van der Waals surface area contributed by atoms with Crippen molar-refractivity contribution in [2.45, 2.75) is 12.6 Å². The van der Waals surface area contributed by atoms with Gasteiger partial charge in [-0.25, -0.2) is 0 Å². The quantitative estimate of drug-likeness (QED) is 0.390. The number of para-hydroxylation sites is 1. The lowest BCUT2D eigenvalue weighted by Crippen LogP contribution is -2.45. The molecule has 1 heterocycles. The van der Waals surface area contributed by atoms with Gasteiger partial charge in [-0.1, -0.05) is 103 Å². The first kappa shape index (κ1) is 21.4. The SMILES string of the molecule is c1ccc(COc2ccccc2C(c2ccc(-c3ccccc3)cc2)N2CCNCC2)cc1. The van der Waals surface area contributed by atoms with Gasteiger partial charge in [0.1, 0.15) is 12.4 Å². The number of hydrogen-bond acceptors (Lipinski definition) is 3. The summed E-state index contributed by atoms with van der Waals surface area (Å²) in [4.78, 5) is 2.57. The van der Waals surface area contributed by atoms with Gasteiger partial charge in [0.25, 0.3) is 0 Å². The van der Waals surface area contributed by atoms with Gasteiger partial charge in [-0.15, -0.1) is 0 Å². The molecule has 4 aromatic carbocycles. The molecule has 0 aliphatic carbocycles. The van der Waals surface area contributed by atoms with Crippen molar-refractivity contribution in [3.05, 3.63) is 126 Å². The average Bonchev–Trinajstić information content (AvgIpc) is 2.90. The van der Waals surface area contributed by atoms with Crippen molar-refractivity contribution in [1.29, 1.82) is 0 Å². The summed E-state index contributed by atoms with van der Waals surface area (Å²) in [5, 5.41) is 3.49. The van der Waals surface area contributed by atoms with Crippen LogP contribution in [0.15, 0.2) is 109 Å². The number of hydrogen-bond donors (Lipinski definition) is 1. The molecule has 0 saturated carbocycles. The fourth-order valence-corrected chi connectivity index (χ4v) is 4.59. The lowest BCUT2D eigenvalue weighted by molar-refractivity contribution is 0.193. The van der Waals surface area contributed by atoms with E-state index in [-0.39, 0.29) is 6.04 Å². The van der Waals surface area contributed by atoms with Crippen molar-refractivity contribution in [3.63, 3.8) is 0 Å². The first-order valence-electron chi connectivity index (χ1n) is 11.7. The fourth-order valence-electron chi connectivity index (χ4n) is 4.59. The molecule has 0 radical (unpaired) electrons. The molecule has 1 unspecified atom stereocenters. The van der Waals surface area contributed by atoms with Gasteiger partial charge in [-0.2, -0.15) is 0 Å². The van der Waals surface area contributed by atoms with Crippen molar-refractivity contribution >= 4 is 0 Å². The Balaban J connectivity index is 1.47. The Hall–Kier alpha value is -3.40. The van der Waals surface area contributed by atoms with Gasteiger partial charge < -0.3 is 10.1 Å². The van der Waals surface area contributed by atoms with Crippen molar-refractivity contribution < 1.29 is 4.74 Å². The molecule has 0 bridgehead atoms. The minimum absolute atomic E-state index is 0.156. The van der Waals surface area contributed by atoms with Crippen LogP contribution in [0.3, 0.4) is 0 Å². The summed E-state index contributed by atoms with van der Waals surface area (Å²) in [6, 6.07) is 38.7. The van der Waals surface area contributed by atoms with Crippen LogP contribution in [0, 0.1) is 0 Å². The molecule has 3 heteroatoms. The number of nitrogens with one attached hydrogen (secondary N) is 1. The molecule has 4 aromatic rings. The Bertz CT molecular complexity index is 1140. The monoisotopic (exact) mass is 434 g/mol. The van der Waals surface area contributed by atoms with E-state index in [0.29, 0.717) is 6.61 Å². The van der Waals surface area contributed by atoms with Crippen LogP contribution in [-0.2, 0) is 6.61 Å². The molecule has 1 fully saturated rings. The van der Waals surface area contributed by atoms with E-state index in [9.17, 15) is 0 Å². The zero-order chi connectivity index (χ0) is 22.3. The lowest BCUT2D eigenvalue weighted by atomic mass is 9.93. The van der Waals surface area contributed by atoms with E-state index in [1.807, 2.05) is 6.07 Å². The van der Waals surface area contributed by atoms with Gasteiger partial charge in [0.15, 0.2) is 0 Å². The summed E-state index contributed by atoms with van der Waals surface area (Å²) in [6.45, 7) is 4.60. The Kier molecular flexibility index (Phi) is 6.81. The van der Waals surface area contributed by atoms with Gasteiger partial charge in [-0.05, 0) is 28.3 Å². The third-order valence-corrected chi connectivity index (χ3v) is 6.30. The number of ether oxygens (including phenoxy) is 1. The van der Waals surface area contributed by atoms with Gasteiger partial charge in [-0.3, -0.25) is 4.90 Å². The molecule has 1 aliphatic heterocycles. The molecule has 1 aliphatic rings. The Morgan fingerprint density at radius 1 is 0.667 bits per heavy atom. The van der Waals surface area contributed by atoms with Gasteiger partial charge >= 0.3 is 0 Å². The molecule has 0 spiro atoms. The smallest absolute Gasteiger partial charge is 0.124 e. The summed E-state index contributed by atoms with van der Waals surface area (Å²) in [6.07, 6.45) is 0. The molecule has 1 atom stereocenters. The molecule has 0 aromatic heterocycles. The third-order valence-electron chi connectivity index (χ3n) is 6.30. The van der Waals surface area contributed by atoms with Crippen LogP contribution in [-0.4, -0.2) is 31.1 Å². The second-order valence-electron chi connectivity index (χ2n) is 8.49. The molecule has 33 heavy (non-hydrogen) atoms. The van der Waals surface area contributed by atoms with E-state index in [1.54, 1.807) is 0 Å². The maximum Gasteiger partial charge on any atom is 0.124 e. The molecular formula is C30H30N2O. The van der Waals surface area contributed by atoms with Crippen molar-refractivity contribution in [3.8, 4) is 16.9 Å². The van der Waals surface area contributed by atoms with E-state index in [4.69, 9.17) is 4.74 Å². The predicted molar refractivity (Wildman–Crippen MR) is 135 cm³/mol. The van der Waals surface area contributed by atoms with Crippen molar-refractivity contribution in [1.82, 2.24) is 10.2 Å². The zero-order valence-corrected chi connectivity index (χ0v) is 18.9. The van der Waals surface area contributed by atoms with Crippen LogP contribution >= 0.6 is 0 Å². The third kappa shape index (κ3) is 5.16. The highest BCUT2D eigenvalue weighted by molar-refractivity contribution is 5.63. The van der Waals surface area contributed by atoms with Crippen molar-refractivity contribution in [2.75, 3.05) is 26.2 Å². The van der Waals surface area contributed by atoms with Gasteiger partial charge in [0.05, 0.1) is 6.04 Å². The topological polar surface area (TPSA) is 24.5 Å². The normalized spacial score (nSPS) is 15.2. The Labute approximate surface area is 196 Å². The van der Waals surface area contributed by atoms with Crippen LogP contribution < -0.4 is 10.1 Å². The first-order valence-corrected chi connectivity index (χ1v) is 11.7. The van der Waals surface area contributed by atoms with E-state index in [2.05, 4.69) is 113 Å². The number of piperazine rings is 1. The predicted octanol–water partition coefficient (Wildman–Crippen LogP) is 5.93. The molecule has 5 rings (SSSR count). The highest BCUT2D eigenvalue weighted by atomic mass is 16.5. The average molecular weight is 435 g/mol. The summed E-state index contributed by atoms with van der Waals surface area (Å²) < 4.78 is 6.37. The van der Waals surface area contributed by atoms with E-state index in [0.717, 1.165) is 31.9 Å². The summed E-state index contributed by atoms with van der Waals surface area (Å²) in [7, 11) is 0.